The molecule has 1 aliphatic carbocycles. The van der Waals surface area contributed by atoms with Gasteiger partial charge in [-0.25, -0.2) is 9.59 Å². The summed E-state index contributed by atoms with van der Waals surface area (Å²) in [5, 5.41) is 2.83. The van der Waals surface area contributed by atoms with E-state index in [1.165, 1.54) is 12.2 Å². The number of nitrogens with zero attached hydrogens (tertiary/aromatic N) is 1. The number of allylic oxidation sites excluding steroid dienone is 2. The molecule has 0 heterocycles. The second-order valence-electron chi connectivity index (χ2n) is 8.30. The zero-order valence-corrected chi connectivity index (χ0v) is 20.6. The molecule has 2 atom stereocenters. The molecule has 0 bridgehead atoms. The number of amides is 2. The second kappa shape index (κ2) is 13.7. The molecule has 0 aromatic heterocycles. The number of ether oxygens (including phenoxy) is 2. The fourth-order valence-corrected chi connectivity index (χ4v) is 3.83. The minimum Gasteiger partial charge on any atom is -0.455 e. The molecule has 36 heavy (non-hydrogen) atoms. The molecule has 2 amide bonds. The summed E-state index contributed by atoms with van der Waals surface area (Å²) in [7, 11) is 0. The Hall–Kier alpha value is -4.13. The van der Waals surface area contributed by atoms with Crippen molar-refractivity contribution >= 4 is 29.3 Å². The van der Waals surface area contributed by atoms with Gasteiger partial charge in [0.1, 0.15) is 6.10 Å². The van der Waals surface area contributed by atoms with Gasteiger partial charge < -0.3 is 14.8 Å². The van der Waals surface area contributed by atoms with Crippen LogP contribution in [0.25, 0.3) is 0 Å². The maximum absolute atomic E-state index is 13.1. The van der Waals surface area contributed by atoms with Gasteiger partial charge in [0, 0.05) is 29.6 Å². The van der Waals surface area contributed by atoms with Gasteiger partial charge >= 0.3 is 12.1 Å². The Morgan fingerprint density at radius 2 is 1.67 bits per heavy atom. The summed E-state index contributed by atoms with van der Waals surface area (Å²) in [5.41, 5.74) is 2.42. The van der Waals surface area contributed by atoms with Gasteiger partial charge in [0.05, 0.1) is 6.61 Å². The number of alkyl carbamates (subject to hydrolysis) is 1. The van der Waals surface area contributed by atoms with Crippen molar-refractivity contribution in [1.29, 1.82) is 0 Å². The molecule has 1 aliphatic rings. The van der Waals surface area contributed by atoms with E-state index in [-0.39, 0.29) is 11.9 Å². The fraction of sp³-hybridized carbons (Fsp3) is 0.276. The summed E-state index contributed by atoms with van der Waals surface area (Å²) in [6.07, 6.45) is 9.28. The van der Waals surface area contributed by atoms with Crippen LogP contribution >= 0.6 is 0 Å². The predicted molar refractivity (Wildman–Crippen MR) is 140 cm³/mol. The zero-order chi connectivity index (χ0) is 25.8. The van der Waals surface area contributed by atoms with Crippen molar-refractivity contribution in [2.45, 2.75) is 45.3 Å². The number of hydrogen-bond donors (Lipinski definition) is 1. The van der Waals surface area contributed by atoms with Crippen molar-refractivity contribution < 1.29 is 23.9 Å². The first-order valence-electron chi connectivity index (χ1n) is 12.1. The number of rotatable bonds is 9. The number of para-hydroxylation sites is 2. The van der Waals surface area contributed by atoms with E-state index in [2.05, 4.69) is 5.32 Å². The Morgan fingerprint density at radius 1 is 1.03 bits per heavy atom. The quantitative estimate of drug-likeness (QED) is 0.366. The largest absolute Gasteiger partial charge is 0.455 e. The molecule has 0 saturated heterocycles. The van der Waals surface area contributed by atoms with Crippen LogP contribution in [-0.4, -0.2) is 36.7 Å². The minimum absolute atomic E-state index is 0.0326. The summed E-state index contributed by atoms with van der Waals surface area (Å²) in [5.74, 6) is -0.762. The van der Waals surface area contributed by atoms with Crippen LogP contribution in [0, 0.1) is 0 Å². The van der Waals surface area contributed by atoms with Crippen LogP contribution in [0.3, 0.4) is 0 Å². The van der Waals surface area contributed by atoms with Crippen LogP contribution in [0.5, 0.6) is 0 Å². The highest BCUT2D eigenvalue weighted by atomic mass is 16.5. The van der Waals surface area contributed by atoms with Crippen molar-refractivity contribution in [1.82, 2.24) is 5.32 Å². The first-order chi connectivity index (χ1) is 17.5. The number of nitrogens with one attached hydrogen (secondary N) is 1. The molecule has 2 aromatic carbocycles. The Morgan fingerprint density at radius 3 is 2.28 bits per heavy atom. The third-order valence-electron chi connectivity index (χ3n) is 5.50. The summed E-state index contributed by atoms with van der Waals surface area (Å²) in [6.45, 7) is 3.78. The summed E-state index contributed by atoms with van der Waals surface area (Å²) < 4.78 is 10.3. The Bertz CT molecular complexity index is 1070. The lowest BCUT2D eigenvalue weighted by Gasteiger charge is -2.22. The smallest absolute Gasteiger partial charge is 0.407 e. The first-order valence-corrected chi connectivity index (χ1v) is 12.1. The molecule has 1 N–H and O–H groups in total. The fourth-order valence-electron chi connectivity index (χ4n) is 3.83. The van der Waals surface area contributed by atoms with Gasteiger partial charge in [-0.3, -0.25) is 9.69 Å². The van der Waals surface area contributed by atoms with Crippen LogP contribution in [0.15, 0.2) is 96.6 Å². The van der Waals surface area contributed by atoms with Crippen molar-refractivity contribution in [3.63, 3.8) is 0 Å². The molecule has 0 fully saturated rings. The van der Waals surface area contributed by atoms with Crippen molar-refractivity contribution in [2.24, 2.45) is 0 Å². The van der Waals surface area contributed by atoms with E-state index >= 15 is 0 Å². The van der Waals surface area contributed by atoms with E-state index in [1.807, 2.05) is 66.7 Å². The third kappa shape index (κ3) is 8.27. The Balaban J connectivity index is 1.55. The molecule has 0 aliphatic heterocycles. The third-order valence-corrected chi connectivity index (χ3v) is 5.50. The lowest BCUT2D eigenvalue weighted by Crippen LogP contribution is -2.36. The van der Waals surface area contributed by atoms with Gasteiger partial charge in [0.15, 0.2) is 0 Å². The highest BCUT2D eigenvalue weighted by Gasteiger charge is 2.18. The second-order valence-corrected chi connectivity index (χ2v) is 8.30. The highest BCUT2D eigenvalue weighted by Crippen LogP contribution is 2.25. The molecule has 188 valence electrons. The lowest BCUT2D eigenvalue weighted by molar-refractivity contribution is -0.140. The number of anilines is 2. The molecule has 7 nitrogen and oxygen atoms in total. The number of hydrogen-bond acceptors (Lipinski definition) is 5. The topological polar surface area (TPSA) is 84.9 Å². The molecular formula is C29H32N2O5. The van der Waals surface area contributed by atoms with Gasteiger partial charge in [0.25, 0.3) is 5.91 Å². The van der Waals surface area contributed by atoms with Gasteiger partial charge in [-0.1, -0.05) is 48.6 Å². The Kier molecular flexibility index (Phi) is 10.1. The standard InChI is InChI=1S/C29H32N2O5/c1-3-35-29(34)30-24-12-10-11-23(21-24)18-20-28(33)36-22(2)17-19-27(32)31(25-13-6-4-7-14-25)26-15-8-5-9-16-26/h4-9,11,13-20,22,24H,3,10,12,21H2,1-2H3,(H,30,34)/b19-17-,20-18+/t22-,24+/m1/s1. The average Bonchev–Trinajstić information content (AvgIpc) is 2.88. The molecule has 0 unspecified atom stereocenters. The van der Waals surface area contributed by atoms with Crippen LogP contribution < -0.4 is 10.2 Å². The van der Waals surface area contributed by atoms with E-state index in [0.29, 0.717) is 13.0 Å². The minimum atomic E-state index is -0.599. The molecule has 0 spiro atoms. The predicted octanol–water partition coefficient (Wildman–Crippen LogP) is 5.62. The maximum atomic E-state index is 13.1. The number of esters is 1. The molecular weight excluding hydrogens is 456 g/mol. The summed E-state index contributed by atoms with van der Waals surface area (Å²) in [4.78, 5) is 38.6. The van der Waals surface area contributed by atoms with E-state index in [4.69, 9.17) is 9.47 Å². The summed E-state index contributed by atoms with van der Waals surface area (Å²) in [6, 6.07) is 18.7. The molecule has 3 rings (SSSR count). The number of carbonyl (C=O) groups excluding carboxylic acids is 3. The van der Waals surface area contributed by atoms with Gasteiger partial charge in [0.2, 0.25) is 0 Å². The zero-order valence-electron chi connectivity index (χ0n) is 20.6. The SMILES string of the molecule is CCOC(=O)N[C@H]1CCC=C(/C=C/C(=O)O[C@H](C)/C=C\C(=O)N(c2ccccc2)c2ccccc2)C1. The highest BCUT2D eigenvalue weighted by molar-refractivity contribution is 6.07. The van der Waals surface area contributed by atoms with E-state index in [9.17, 15) is 14.4 Å². The average molecular weight is 489 g/mol. The normalized spacial score (nSPS) is 16.3. The van der Waals surface area contributed by atoms with E-state index in [0.717, 1.165) is 29.8 Å². The van der Waals surface area contributed by atoms with E-state index in [1.54, 1.807) is 30.9 Å². The lowest BCUT2D eigenvalue weighted by atomic mass is 9.94. The van der Waals surface area contributed by atoms with Crippen LogP contribution in [-0.2, 0) is 19.1 Å². The Labute approximate surface area is 212 Å². The van der Waals surface area contributed by atoms with Crippen LogP contribution in [0.1, 0.15) is 33.1 Å². The van der Waals surface area contributed by atoms with E-state index < -0.39 is 18.2 Å². The molecule has 0 saturated carbocycles. The molecule has 2 aromatic rings. The van der Waals surface area contributed by atoms with Crippen molar-refractivity contribution in [3.8, 4) is 0 Å². The van der Waals surface area contributed by atoms with Gasteiger partial charge in [-0.15, -0.1) is 0 Å². The first kappa shape index (κ1) is 26.5. The number of benzene rings is 2. The number of carbonyl (C=O) groups is 3. The van der Waals surface area contributed by atoms with Crippen molar-refractivity contribution in [3.05, 3.63) is 96.6 Å². The van der Waals surface area contributed by atoms with Crippen LogP contribution in [0.4, 0.5) is 16.2 Å². The van der Waals surface area contributed by atoms with Gasteiger partial charge in [-0.2, -0.15) is 0 Å². The molecule has 7 heteroatoms. The van der Waals surface area contributed by atoms with Crippen molar-refractivity contribution in [2.75, 3.05) is 11.5 Å². The molecule has 0 radical (unpaired) electrons. The van der Waals surface area contributed by atoms with Gasteiger partial charge in [-0.05, 0) is 69.0 Å². The van der Waals surface area contributed by atoms with Crippen LogP contribution in [0.2, 0.25) is 0 Å². The summed E-state index contributed by atoms with van der Waals surface area (Å²) >= 11 is 0. The monoisotopic (exact) mass is 488 g/mol. The maximum Gasteiger partial charge on any atom is 0.407 e.